The molecule has 1 aliphatic carbocycles. The molecule has 0 radical (unpaired) electrons. The number of fused-ring (bicyclic) bond motifs is 1. The van der Waals surface area contributed by atoms with E-state index in [1.54, 1.807) is 0 Å². The van der Waals surface area contributed by atoms with Crippen molar-refractivity contribution in [3.63, 3.8) is 0 Å². The number of allylic oxidation sites excluding steroid dienone is 2. The van der Waals surface area contributed by atoms with E-state index in [4.69, 9.17) is 4.74 Å². The molecule has 1 aromatic rings. The lowest BCUT2D eigenvalue weighted by atomic mass is 9.85. The molecular weight excluding hydrogens is 344 g/mol. The zero-order chi connectivity index (χ0) is 19.4. The van der Waals surface area contributed by atoms with Gasteiger partial charge in [0.15, 0.2) is 0 Å². The van der Waals surface area contributed by atoms with Gasteiger partial charge in [-0.2, -0.15) is 0 Å². The van der Waals surface area contributed by atoms with Gasteiger partial charge in [0.25, 0.3) is 0 Å². The first-order chi connectivity index (χ1) is 13.0. The maximum Gasteiger partial charge on any atom is 0.233 e. The Kier molecular flexibility index (Phi) is 5.94. The number of likely N-dealkylation sites (tertiary alicyclic amines) is 1. The Morgan fingerprint density at radius 3 is 2.44 bits per heavy atom. The highest BCUT2D eigenvalue weighted by molar-refractivity contribution is 6.05. The molecule has 0 saturated carbocycles. The van der Waals surface area contributed by atoms with Crippen LogP contribution in [0.3, 0.4) is 0 Å². The van der Waals surface area contributed by atoms with Crippen molar-refractivity contribution in [2.45, 2.75) is 39.2 Å². The van der Waals surface area contributed by atoms with Crippen molar-refractivity contribution in [2.75, 3.05) is 13.2 Å². The van der Waals surface area contributed by atoms with Gasteiger partial charge in [-0.1, -0.05) is 30.4 Å². The third-order valence-electron chi connectivity index (χ3n) is 5.15. The van der Waals surface area contributed by atoms with Crippen LogP contribution in [0.4, 0.5) is 0 Å². The summed E-state index contributed by atoms with van der Waals surface area (Å²) in [5, 5.41) is 2.86. The molecule has 1 N–H and O–H groups in total. The highest BCUT2D eigenvalue weighted by atomic mass is 16.5. The number of carbonyl (C=O) groups excluding carboxylic acids is 3. The summed E-state index contributed by atoms with van der Waals surface area (Å²) >= 11 is 0. The molecule has 3 atom stereocenters. The molecule has 144 valence electrons. The lowest BCUT2D eigenvalue weighted by molar-refractivity contribution is -0.140. The van der Waals surface area contributed by atoms with Gasteiger partial charge >= 0.3 is 0 Å². The van der Waals surface area contributed by atoms with Crippen LogP contribution in [-0.2, 0) is 14.4 Å². The van der Waals surface area contributed by atoms with Gasteiger partial charge in [-0.25, -0.2) is 0 Å². The summed E-state index contributed by atoms with van der Waals surface area (Å²) in [6.07, 6.45) is 5.26. The third-order valence-corrected chi connectivity index (χ3v) is 5.15. The second-order valence-electron chi connectivity index (χ2n) is 7.28. The average Bonchev–Trinajstić information content (AvgIpc) is 2.90. The van der Waals surface area contributed by atoms with E-state index in [2.05, 4.69) is 5.32 Å². The number of carbonyl (C=O) groups is 3. The minimum Gasteiger partial charge on any atom is -0.491 e. The summed E-state index contributed by atoms with van der Waals surface area (Å²) in [7, 11) is 0. The van der Waals surface area contributed by atoms with E-state index in [-0.39, 0.29) is 48.6 Å². The van der Waals surface area contributed by atoms with Crippen molar-refractivity contribution < 1.29 is 19.1 Å². The van der Waals surface area contributed by atoms with Gasteiger partial charge < -0.3 is 10.1 Å². The quantitative estimate of drug-likeness (QED) is 0.590. The maximum atomic E-state index is 12.4. The summed E-state index contributed by atoms with van der Waals surface area (Å²) < 4.78 is 5.74. The molecule has 0 aromatic heterocycles. The van der Waals surface area contributed by atoms with E-state index in [0.717, 1.165) is 11.3 Å². The maximum absolute atomic E-state index is 12.4. The Morgan fingerprint density at radius 1 is 1.19 bits per heavy atom. The van der Waals surface area contributed by atoms with Gasteiger partial charge in [-0.15, -0.1) is 0 Å². The molecule has 1 fully saturated rings. The number of nitrogens with zero attached hydrogens (tertiary/aromatic N) is 1. The van der Waals surface area contributed by atoms with E-state index < -0.39 is 0 Å². The van der Waals surface area contributed by atoms with Crippen LogP contribution in [0.2, 0.25) is 0 Å². The van der Waals surface area contributed by atoms with Gasteiger partial charge in [0, 0.05) is 13.0 Å². The zero-order valence-corrected chi connectivity index (χ0v) is 15.8. The number of hydrogen-bond donors (Lipinski definition) is 1. The Balaban J connectivity index is 1.43. The van der Waals surface area contributed by atoms with E-state index in [1.807, 2.05) is 50.3 Å². The van der Waals surface area contributed by atoms with Crippen LogP contribution < -0.4 is 10.1 Å². The summed E-state index contributed by atoms with van der Waals surface area (Å²) in [5.41, 5.74) is 1.04. The Bertz CT molecular complexity index is 732. The summed E-state index contributed by atoms with van der Waals surface area (Å²) in [5.74, 6) is -0.164. The molecule has 6 heteroatoms. The van der Waals surface area contributed by atoms with Crippen LogP contribution in [0.15, 0.2) is 36.4 Å². The van der Waals surface area contributed by atoms with E-state index in [0.29, 0.717) is 19.4 Å². The third kappa shape index (κ3) is 4.38. The molecule has 1 aromatic carbocycles. The molecule has 2 aliphatic rings. The normalized spacial score (nSPS) is 22.5. The average molecular weight is 370 g/mol. The number of imide groups is 1. The molecule has 1 saturated heterocycles. The van der Waals surface area contributed by atoms with E-state index in [1.165, 1.54) is 4.90 Å². The molecule has 1 aliphatic heterocycles. The molecule has 1 heterocycles. The van der Waals surface area contributed by atoms with Gasteiger partial charge in [-0.3, -0.25) is 19.3 Å². The van der Waals surface area contributed by atoms with Crippen molar-refractivity contribution in [3.05, 3.63) is 42.0 Å². The van der Waals surface area contributed by atoms with Crippen molar-refractivity contribution in [1.82, 2.24) is 10.2 Å². The van der Waals surface area contributed by atoms with E-state index >= 15 is 0 Å². The monoisotopic (exact) mass is 370 g/mol. The van der Waals surface area contributed by atoms with E-state index in [9.17, 15) is 14.4 Å². The largest absolute Gasteiger partial charge is 0.491 e. The fourth-order valence-corrected chi connectivity index (χ4v) is 3.62. The highest BCUT2D eigenvalue weighted by Gasteiger charge is 2.46. The fourth-order valence-electron chi connectivity index (χ4n) is 3.62. The number of ether oxygens (including phenoxy) is 1. The van der Waals surface area contributed by atoms with Crippen molar-refractivity contribution in [1.29, 1.82) is 0 Å². The van der Waals surface area contributed by atoms with Gasteiger partial charge in [0.2, 0.25) is 17.7 Å². The first-order valence-corrected chi connectivity index (χ1v) is 9.45. The van der Waals surface area contributed by atoms with Crippen LogP contribution in [0.25, 0.3) is 0 Å². The van der Waals surface area contributed by atoms with Crippen LogP contribution in [0, 0.1) is 18.8 Å². The minimum absolute atomic E-state index is 0.110. The molecule has 0 bridgehead atoms. The molecule has 1 unspecified atom stereocenters. The second-order valence-corrected chi connectivity index (χ2v) is 7.28. The SMILES string of the molecule is Cc1ccccc1OCC(C)NC(=O)CCN1C(=O)[C@H]2CC=CC[C@H]2C1=O. The van der Waals surface area contributed by atoms with Crippen LogP contribution in [0.1, 0.15) is 31.7 Å². The molecule has 0 spiro atoms. The van der Waals surface area contributed by atoms with Crippen LogP contribution >= 0.6 is 0 Å². The Hall–Kier alpha value is -2.63. The second kappa shape index (κ2) is 8.37. The lowest BCUT2D eigenvalue weighted by Crippen LogP contribution is -2.40. The topological polar surface area (TPSA) is 75.7 Å². The molecule has 6 nitrogen and oxygen atoms in total. The minimum atomic E-state index is -0.244. The summed E-state index contributed by atoms with van der Waals surface area (Å²) in [6.45, 7) is 4.33. The van der Waals surface area contributed by atoms with Crippen LogP contribution in [0.5, 0.6) is 5.75 Å². The summed E-state index contributed by atoms with van der Waals surface area (Å²) in [6, 6.07) is 7.54. The Morgan fingerprint density at radius 2 is 1.81 bits per heavy atom. The number of benzene rings is 1. The number of amides is 3. The standard InChI is InChI=1S/C21H26N2O4/c1-14-7-3-6-10-18(14)27-13-15(2)22-19(24)11-12-23-20(25)16-8-4-5-9-17(16)21(23)26/h3-7,10,15-17H,8-9,11-13H2,1-2H3,(H,22,24)/t15?,16-,17+. The van der Waals surface area contributed by atoms with Crippen LogP contribution in [-0.4, -0.2) is 41.8 Å². The molecule has 3 amide bonds. The number of aryl methyl sites for hydroxylation is 1. The number of hydrogen-bond acceptors (Lipinski definition) is 4. The first-order valence-electron chi connectivity index (χ1n) is 9.45. The smallest absolute Gasteiger partial charge is 0.233 e. The predicted molar refractivity (Wildman–Crippen MR) is 101 cm³/mol. The predicted octanol–water partition coefficient (Wildman–Crippen LogP) is 2.22. The van der Waals surface area contributed by atoms with Gasteiger partial charge in [0.1, 0.15) is 12.4 Å². The van der Waals surface area contributed by atoms with Crippen molar-refractivity contribution in [3.8, 4) is 5.75 Å². The zero-order valence-electron chi connectivity index (χ0n) is 15.8. The molecule has 27 heavy (non-hydrogen) atoms. The lowest BCUT2D eigenvalue weighted by Gasteiger charge is -2.18. The molecule has 3 rings (SSSR count). The first kappa shape index (κ1) is 19.1. The highest BCUT2D eigenvalue weighted by Crippen LogP contribution is 2.34. The van der Waals surface area contributed by atoms with Gasteiger partial charge in [-0.05, 0) is 38.3 Å². The fraction of sp³-hybridized carbons (Fsp3) is 0.476. The van der Waals surface area contributed by atoms with Gasteiger partial charge in [0.05, 0.1) is 17.9 Å². The van der Waals surface area contributed by atoms with Crippen molar-refractivity contribution in [2.24, 2.45) is 11.8 Å². The number of nitrogens with one attached hydrogen (secondary N) is 1. The molecular formula is C21H26N2O4. The van der Waals surface area contributed by atoms with Crippen molar-refractivity contribution >= 4 is 17.7 Å². The number of rotatable bonds is 7. The number of para-hydroxylation sites is 1. The summed E-state index contributed by atoms with van der Waals surface area (Å²) in [4.78, 5) is 38.2. The Labute approximate surface area is 159 Å².